The SMILES string of the molecule is N=C(/C=C\N)[C@@H]1CCCN(C(=O)C(=O)Nc2cncc(C(N)=O)c2)C1. The first-order valence-electron chi connectivity index (χ1n) is 7.74. The van der Waals surface area contributed by atoms with Crippen molar-refractivity contribution in [3.63, 3.8) is 0 Å². The van der Waals surface area contributed by atoms with Crippen molar-refractivity contribution >= 4 is 29.1 Å². The molecule has 9 heteroatoms. The van der Waals surface area contributed by atoms with E-state index < -0.39 is 17.7 Å². The summed E-state index contributed by atoms with van der Waals surface area (Å²) in [5.41, 5.74) is 11.1. The van der Waals surface area contributed by atoms with Crippen LogP contribution in [0.25, 0.3) is 0 Å². The second-order valence-electron chi connectivity index (χ2n) is 5.69. The van der Waals surface area contributed by atoms with Crippen molar-refractivity contribution in [3.8, 4) is 0 Å². The number of nitrogens with zero attached hydrogens (tertiary/aromatic N) is 2. The molecule has 25 heavy (non-hydrogen) atoms. The smallest absolute Gasteiger partial charge is 0.313 e. The molecule has 9 nitrogen and oxygen atoms in total. The van der Waals surface area contributed by atoms with E-state index in [0.29, 0.717) is 18.7 Å². The first kappa shape index (κ1) is 18.1. The van der Waals surface area contributed by atoms with Crippen molar-refractivity contribution in [2.45, 2.75) is 12.8 Å². The fraction of sp³-hybridized carbons (Fsp3) is 0.312. The molecule has 1 atom stereocenters. The van der Waals surface area contributed by atoms with Crippen LogP contribution in [0.3, 0.4) is 0 Å². The number of carbonyl (C=O) groups excluding carboxylic acids is 3. The highest BCUT2D eigenvalue weighted by molar-refractivity contribution is 6.39. The number of primary amides is 1. The van der Waals surface area contributed by atoms with Crippen LogP contribution < -0.4 is 16.8 Å². The molecule has 2 heterocycles. The lowest BCUT2D eigenvalue weighted by atomic mass is 9.93. The Kier molecular flexibility index (Phi) is 5.83. The van der Waals surface area contributed by atoms with E-state index in [1.807, 2.05) is 0 Å². The van der Waals surface area contributed by atoms with Gasteiger partial charge in [-0.15, -0.1) is 0 Å². The Morgan fingerprint density at radius 2 is 2.12 bits per heavy atom. The Labute approximate surface area is 144 Å². The first-order valence-corrected chi connectivity index (χ1v) is 7.74. The third-order valence-electron chi connectivity index (χ3n) is 3.90. The van der Waals surface area contributed by atoms with Gasteiger partial charge in [-0.2, -0.15) is 0 Å². The molecule has 1 saturated heterocycles. The third kappa shape index (κ3) is 4.63. The molecule has 1 aliphatic heterocycles. The fourth-order valence-electron chi connectivity index (χ4n) is 2.63. The van der Waals surface area contributed by atoms with Gasteiger partial charge in [-0.3, -0.25) is 19.4 Å². The summed E-state index contributed by atoms with van der Waals surface area (Å²) >= 11 is 0. The largest absolute Gasteiger partial charge is 0.405 e. The lowest BCUT2D eigenvalue weighted by Crippen LogP contribution is -2.46. The third-order valence-corrected chi connectivity index (χ3v) is 3.90. The summed E-state index contributed by atoms with van der Waals surface area (Å²) in [6.45, 7) is 0.733. The van der Waals surface area contributed by atoms with Crippen molar-refractivity contribution < 1.29 is 14.4 Å². The highest BCUT2D eigenvalue weighted by atomic mass is 16.2. The highest BCUT2D eigenvalue weighted by Crippen LogP contribution is 2.18. The van der Waals surface area contributed by atoms with Gasteiger partial charge in [0.25, 0.3) is 0 Å². The molecule has 1 aromatic heterocycles. The second kappa shape index (κ2) is 8.04. The number of nitrogens with one attached hydrogen (secondary N) is 2. The zero-order valence-electron chi connectivity index (χ0n) is 13.6. The van der Waals surface area contributed by atoms with Gasteiger partial charge in [-0.25, -0.2) is 0 Å². The van der Waals surface area contributed by atoms with E-state index in [1.54, 1.807) is 0 Å². The molecule has 2 rings (SSSR count). The van der Waals surface area contributed by atoms with Crippen molar-refractivity contribution in [1.29, 1.82) is 5.41 Å². The van der Waals surface area contributed by atoms with Crippen LogP contribution in [0.4, 0.5) is 5.69 Å². The Balaban J connectivity index is 2.02. The van der Waals surface area contributed by atoms with Gasteiger partial charge >= 0.3 is 11.8 Å². The predicted molar refractivity (Wildman–Crippen MR) is 91.7 cm³/mol. The molecule has 0 bridgehead atoms. The van der Waals surface area contributed by atoms with Crippen molar-refractivity contribution in [2.75, 3.05) is 18.4 Å². The molecular formula is C16H20N6O3. The van der Waals surface area contributed by atoms with E-state index in [4.69, 9.17) is 16.9 Å². The summed E-state index contributed by atoms with van der Waals surface area (Å²) in [6, 6.07) is 1.35. The molecule has 1 aromatic rings. The number of aromatic nitrogens is 1. The van der Waals surface area contributed by atoms with E-state index in [9.17, 15) is 14.4 Å². The van der Waals surface area contributed by atoms with Gasteiger partial charge in [-0.05, 0) is 31.2 Å². The molecule has 0 aromatic carbocycles. The van der Waals surface area contributed by atoms with Gasteiger partial charge in [0.05, 0.1) is 17.4 Å². The Morgan fingerprint density at radius 1 is 1.36 bits per heavy atom. The Hall–Kier alpha value is -3.23. The molecule has 6 N–H and O–H groups in total. The molecule has 1 aliphatic rings. The van der Waals surface area contributed by atoms with E-state index >= 15 is 0 Å². The van der Waals surface area contributed by atoms with Crippen LogP contribution in [-0.2, 0) is 9.59 Å². The topological polar surface area (TPSA) is 155 Å². The van der Waals surface area contributed by atoms with E-state index in [1.165, 1.54) is 35.6 Å². The average molecular weight is 344 g/mol. The van der Waals surface area contributed by atoms with Gasteiger partial charge < -0.3 is 27.1 Å². The van der Waals surface area contributed by atoms with Crippen LogP contribution in [0, 0.1) is 11.3 Å². The molecule has 0 unspecified atom stereocenters. The number of pyridine rings is 1. The second-order valence-corrected chi connectivity index (χ2v) is 5.69. The molecule has 0 saturated carbocycles. The predicted octanol–water partition coefficient (Wildman–Crippen LogP) is -0.150. The summed E-state index contributed by atoms with van der Waals surface area (Å²) < 4.78 is 0. The number of carbonyl (C=O) groups is 3. The number of likely N-dealkylation sites (tertiary alicyclic amines) is 1. The monoisotopic (exact) mass is 344 g/mol. The van der Waals surface area contributed by atoms with E-state index in [2.05, 4.69) is 10.3 Å². The summed E-state index contributed by atoms with van der Waals surface area (Å²) in [7, 11) is 0. The summed E-state index contributed by atoms with van der Waals surface area (Å²) in [4.78, 5) is 40.8. The van der Waals surface area contributed by atoms with E-state index in [0.717, 1.165) is 6.42 Å². The maximum absolute atomic E-state index is 12.3. The number of rotatable bonds is 4. The van der Waals surface area contributed by atoms with Crippen molar-refractivity contribution in [1.82, 2.24) is 9.88 Å². The molecule has 0 aliphatic carbocycles. The number of hydrogen-bond acceptors (Lipinski definition) is 6. The van der Waals surface area contributed by atoms with Gasteiger partial charge in [0.2, 0.25) is 5.91 Å². The van der Waals surface area contributed by atoms with Crippen LogP contribution in [0.5, 0.6) is 0 Å². The van der Waals surface area contributed by atoms with Crippen LogP contribution >= 0.6 is 0 Å². The minimum Gasteiger partial charge on any atom is -0.405 e. The maximum Gasteiger partial charge on any atom is 0.313 e. The average Bonchev–Trinajstić information content (AvgIpc) is 2.61. The van der Waals surface area contributed by atoms with Crippen LogP contribution in [0.15, 0.2) is 30.7 Å². The van der Waals surface area contributed by atoms with Crippen molar-refractivity contribution in [3.05, 3.63) is 36.3 Å². The van der Waals surface area contributed by atoms with Crippen LogP contribution in [-0.4, -0.2) is 46.4 Å². The van der Waals surface area contributed by atoms with Gasteiger partial charge in [0.15, 0.2) is 0 Å². The summed E-state index contributed by atoms with van der Waals surface area (Å²) in [6.07, 6.45) is 6.82. The molecule has 1 fully saturated rings. The normalized spacial score (nSPS) is 17.3. The minimum atomic E-state index is -0.829. The number of amides is 3. The zero-order valence-corrected chi connectivity index (χ0v) is 13.6. The van der Waals surface area contributed by atoms with Crippen LogP contribution in [0.1, 0.15) is 23.2 Å². The number of hydrogen-bond donors (Lipinski definition) is 4. The lowest BCUT2D eigenvalue weighted by molar-refractivity contribution is -0.144. The molecular weight excluding hydrogens is 324 g/mol. The van der Waals surface area contributed by atoms with Gasteiger partial charge in [0, 0.05) is 30.9 Å². The quantitative estimate of drug-likeness (QED) is 0.441. The Bertz CT molecular complexity index is 730. The van der Waals surface area contributed by atoms with Crippen LogP contribution in [0.2, 0.25) is 0 Å². The molecule has 0 radical (unpaired) electrons. The summed E-state index contributed by atoms with van der Waals surface area (Å²) in [5.74, 6) is -2.35. The number of anilines is 1. The van der Waals surface area contributed by atoms with Gasteiger partial charge in [0.1, 0.15) is 0 Å². The minimum absolute atomic E-state index is 0.130. The fourth-order valence-corrected chi connectivity index (χ4v) is 2.63. The first-order chi connectivity index (χ1) is 11.9. The lowest BCUT2D eigenvalue weighted by Gasteiger charge is -2.32. The van der Waals surface area contributed by atoms with E-state index in [-0.39, 0.29) is 23.7 Å². The van der Waals surface area contributed by atoms with Gasteiger partial charge in [-0.1, -0.05) is 0 Å². The Morgan fingerprint density at radius 3 is 2.80 bits per heavy atom. The zero-order chi connectivity index (χ0) is 18.4. The highest BCUT2D eigenvalue weighted by Gasteiger charge is 2.29. The number of allylic oxidation sites excluding steroid dienone is 1. The summed E-state index contributed by atoms with van der Waals surface area (Å²) in [5, 5.41) is 10.3. The number of piperidine rings is 1. The molecule has 0 spiro atoms. The van der Waals surface area contributed by atoms with Crippen molar-refractivity contribution in [2.24, 2.45) is 17.4 Å². The molecule has 132 valence electrons. The maximum atomic E-state index is 12.3. The standard InChI is InChI=1S/C16H20N6O3/c17-4-3-13(18)10-2-1-5-22(9-10)16(25)15(24)21-12-6-11(14(19)23)7-20-8-12/h3-4,6-8,10,18H,1-2,5,9,17H2,(H2,19,23)(H,21,24)/b4-3-,18-13?/t10-/m1/s1. The molecule has 3 amide bonds. The number of nitrogens with two attached hydrogens (primary N) is 2.